The van der Waals surface area contributed by atoms with Gasteiger partial charge in [0, 0.05) is 24.7 Å². The van der Waals surface area contributed by atoms with E-state index >= 15 is 0 Å². The molecule has 2 bridgehead atoms. The van der Waals surface area contributed by atoms with Gasteiger partial charge in [0.05, 0.1) is 0 Å². The summed E-state index contributed by atoms with van der Waals surface area (Å²) in [6.45, 7) is 0.692. The maximum Gasteiger partial charge on any atom is 0.276 e. The van der Waals surface area contributed by atoms with E-state index in [1.807, 2.05) is 4.90 Å². The standard InChI is InChI=1S/C17H16F2N2O3/c18-11-2-4-16(14(19)6-11)23-9-13-7-15(20-24-13)17(22)21-8-10-1-3-12(21)5-10/h2,4,6-7,10,12H,1,3,5,8-9H2/t10-,12-/m0/s1. The summed E-state index contributed by atoms with van der Waals surface area (Å²) >= 11 is 0. The Kier molecular flexibility index (Phi) is 3.70. The molecule has 5 nitrogen and oxygen atoms in total. The number of hydrogen-bond acceptors (Lipinski definition) is 4. The molecule has 4 rings (SSSR count). The lowest BCUT2D eigenvalue weighted by molar-refractivity contribution is 0.0692. The molecule has 0 N–H and O–H groups in total. The van der Waals surface area contributed by atoms with Gasteiger partial charge in [0.2, 0.25) is 0 Å². The van der Waals surface area contributed by atoms with Crippen molar-refractivity contribution in [3.05, 3.63) is 47.4 Å². The van der Waals surface area contributed by atoms with Crippen molar-refractivity contribution < 1.29 is 22.8 Å². The van der Waals surface area contributed by atoms with Crippen LogP contribution in [-0.4, -0.2) is 28.6 Å². The molecule has 24 heavy (non-hydrogen) atoms. The molecule has 0 radical (unpaired) electrons. The number of hydrogen-bond donors (Lipinski definition) is 0. The van der Waals surface area contributed by atoms with Crippen molar-refractivity contribution >= 4 is 5.91 Å². The van der Waals surface area contributed by atoms with Crippen LogP contribution in [0.1, 0.15) is 35.5 Å². The Hall–Kier alpha value is -2.44. The summed E-state index contributed by atoms with van der Waals surface area (Å²) in [5.41, 5.74) is 0.237. The van der Waals surface area contributed by atoms with Crippen LogP contribution >= 0.6 is 0 Å². The number of benzene rings is 1. The van der Waals surface area contributed by atoms with Gasteiger partial charge in [0.25, 0.3) is 5.91 Å². The second-order valence-electron chi connectivity index (χ2n) is 6.33. The Morgan fingerprint density at radius 2 is 2.21 bits per heavy atom. The maximum atomic E-state index is 13.5. The van der Waals surface area contributed by atoms with Crippen molar-refractivity contribution in [2.75, 3.05) is 6.54 Å². The molecule has 2 heterocycles. The van der Waals surface area contributed by atoms with Gasteiger partial charge in [0.15, 0.2) is 23.0 Å². The predicted molar refractivity (Wildman–Crippen MR) is 79.4 cm³/mol. The molecule has 2 fully saturated rings. The zero-order valence-electron chi connectivity index (χ0n) is 12.9. The number of carbonyl (C=O) groups is 1. The number of amides is 1. The number of aromatic nitrogens is 1. The van der Waals surface area contributed by atoms with E-state index in [4.69, 9.17) is 9.26 Å². The van der Waals surface area contributed by atoms with Crippen molar-refractivity contribution in [2.24, 2.45) is 5.92 Å². The predicted octanol–water partition coefficient (Wildman–Crippen LogP) is 3.16. The number of fused-ring (bicyclic) bond motifs is 2. The largest absolute Gasteiger partial charge is 0.482 e. The molecule has 1 amide bonds. The molecule has 1 saturated carbocycles. The van der Waals surface area contributed by atoms with Crippen LogP contribution in [0.3, 0.4) is 0 Å². The summed E-state index contributed by atoms with van der Waals surface area (Å²) in [6.07, 6.45) is 3.31. The monoisotopic (exact) mass is 334 g/mol. The van der Waals surface area contributed by atoms with E-state index in [2.05, 4.69) is 5.16 Å². The Balaban J connectivity index is 1.40. The van der Waals surface area contributed by atoms with Crippen molar-refractivity contribution in [1.29, 1.82) is 0 Å². The van der Waals surface area contributed by atoms with E-state index in [-0.39, 0.29) is 24.0 Å². The van der Waals surface area contributed by atoms with E-state index in [1.54, 1.807) is 0 Å². The molecule has 1 saturated heterocycles. The van der Waals surface area contributed by atoms with Crippen LogP contribution in [0.4, 0.5) is 8.78 Å². The van der Waals surface area contributed by atoms with Gasteiger partial charge in [-0.05, 0) is 37.3 Å². The minimum absolute atomic E-state index is 0.0856. The van der Waals surface area contributed by atoms with Gasteiger partial charge in [-0.2, -0.15) is 0 Å². The molecule has 2 aromatic rings. The van der Waals surface area contributed by atoms with E-state index in [9.17, 15) is 13.6 Å². The van der Waals surface area contributed by atoms with Crippen LogP contribution in [0.5, 0.6) is 5.75 Å². The Labute approximate surface area is 137 Å². The molecule has 2 atom stereocenters. The molecule has 7 heteroatoms. The summed E-state index contributed by atoms with van der Waals surface area (Å²) in [5.74, 6) is -0.768. The highest BCUT2D eigenvalue weighted by atomic mass is 19.1. The average molecular weight is 334 g/mol. The van der Waals surface area contributed by atoms with Crippen LogP contribution in [0.2, 0.25) is 0 Å². The Bertz CT molecular complexity index is 777. The topological polar surface area (TPSA) is 55.6 Å². The summed E-state index contributed by atoms with van der Waals surface area (Å²) in [5, 5.41) is 3.79. The number of ether oxygens (including phenoxy) is 1. The van der Waals surface area contributed by atoms with Crippen molar-refractivity contribution in [2.45, 2.75) is 31.9 Å². The summed E-state index contributed by atoms with van der Waals surface area (Å²) < 4.78 is 36.7. The highest BCUT2D eigenvalue weighted by molar-refractivity contribution is 5.92. The minimum atomic E-state index is -0.793. The van der Waals surface area contributed by atoms with Gasteiger partial charge in [-0.25, -0.2) is 8.78 Å². The number of carbonyl (C=O) groups excluding carboxylic acids is 1. The molecule has 0 unspecified atom stereocenters. The molecule has 2 aliphatic rings. The quantitative estimate of drug-likeness (QED) is 0.862. The summed E-state index contributed by atoms with van der Waals surface area (Å²) in [7, 11) is 0. The molecule has 1 aliphatic carbocycles. The number of halogens is 2. The number of nitrogens with zero attached hydrogens (tertiary/aromatic N) is 2. The maximum absolute atomic E-state index is 13.5. The third-order valence-electron chi connectivity index (χ3n) is 4.71. The fourth-order valence-electron chi connectivity index (χ4n) is 3.54. The first-order chi connectivity index (χ1) is 11.6. The molecular formula is C17H16F2N2O3. The molecule has 1 aromatic heterocycles. The second-order valence-corrected chi connectivity index (χ2v) is 6.33. The van der Waals surface area contributed by atoms with Crippen LogP contribution in [-0.2, 0) is 6.61 Å². The number of piperidine rings is 1. The fraction of sp³-hybridized carbons (Fsp3) is 0.412. The fourth-order valence-corrected chi connectivity index (χ4v) is 3.54. The first-order valence-corrected chi connectivity index (χ1v) is 7.94. The average Bonchev–Trinajstić information content (AvgIpc) is 3.30. The van der Waals surface area contributed by atoms with E-state index in [0.717, 1.165) is 31.5 Å². The first kappa shape index (κ1) is 15.1. The van der Waals surface area contributed by atoms with Gasteiger partial charge in [-0.1, -0.05) is 5.16 Å². The number of likely N-dealkylation sites (tertiary alicyclic amines) is 1. The van der Waals surface area contributed by atoms with Gasteiger partial charge in [-0.3, -0.25) is 4.79 Å². The van der Waals surface area contributed by atoms with Gasteiger partial charge >= 0.3 is 0 Å². The van der Waals surface area contributed by atoms with Crippen LogP contribution in [0.25, 0.3) is 0 Å². The first-order valence-electron chi connectivity index (χ1n) is 7.94. The Morgan fingerprint density at radius 1 is 1.33 bits per heavy atom. The van der Waals surface area contributed by atoms with Crippen molar-refractivity contribution in [3.8, 4) is 5.75 Å². The van der Waals surface area contributed by atoms with Crippen LogP contribution < -0.4 is 4.74 Å². The van der Waals surface area contributed by atoms with Crippen molar-refractivity contribution in [1.82, 2.24) is 10.1 Å². The molecular weight excluding hydrogens is 318 g/mol. The van der Waals surface area contributed by atoms with Gasteiger partial charge < -0.3 is 14.2 Å². The Morgan fingerprint density at radius 3 is 2.92 bits per heavy atom. The molecule has 1 aliphatic heterocycles. The van der Waals surface area contributed by atoms with Crippen LogP contribution in [0, 0.1) is 17.6 Å². The van der Waals surface area contributed by atoms with E-state index in [1.165, 1.54) is 18.6 Å². The normalized spacial score (nSPS) is 22.2. The molecule has 126 valence electrons. The SMILES string of the molecule is O=C(c1cc(COc2ccc(F)cc2F)on1)N1C[C@H]2CC[C@H]1C2. The lowest BCUT2D eigenvalue weighted by Crippen LogP contribution is -2.37. The highest BCUT2D eigenvalue weighted by Crippen LogP contribution is 2.38. The zero-order valence-corrected chi connectivity index (χ0v) is 12.9. The zero-order chi connectivity index (χ0) is 16.7. The van der Waals surface area contributed by atoms with Crippen LogP contribution in [0.15, 0.2) is 28.8 Å². The lowest BCUT2D eigenvalue weighted by Gasteiger charge is -2.25. The van der Waals surface area contributed by atoms with Gasteiger partial charge in [0.1, 0.15) is 12.4 Å². The summed E-state index contributed by atoms with van der Waals surface area (Å²) in [4.78, 5) is 14.3. The summed E-state index contributed by atoms with van der Waals surface area (Å²) in [6, 6.07) is 4.87. The third kappa shape index (κ3) is 2.74. The van der Waals surface area contributed by atoms with E-state index in [0.29, 0.717) is 17.7 Å². The van der Waals surface area contributed by atoms with E-state index < -0.39 is 11.6 Å². The third-order valence-corrected chi connectivity index (χ3v) is 4.71. The smallest absolute Gasteiger partial charge is 0.276 e. The lowest BCUT2D eigenvalue weighted by atomic mass is 10.1. The van der Waals surface area contributed by atoms with Gasteiger partial charge in [-0.15, -0.1) is 0 Å². The van der Waals surface area contributed by atoms with Crippen molar-refractivity contribution in [3.63, 3.8) is 0 Å². The second kappa shape index (κ2) is 5.89. The molecule has 1 aromatic carbocycles. The molecule has 0 spiro atoms. The number of rotatable bonds is 4. The minimum Gasteiger partial charge on any atom is -0.482 e. The highest BCUT2D eigenvalue weighted by Gasteiger charge is 2.41.